The lowest BCUT2D eigenvalue weighted by molar-refractivity contribution is -0.118. The third-order valence-corrected chi connectivity index (χ3v) is 1.85. The predicted octanol–water partition coefficient (Wildman–Crippen LogP) is 0.979. The van der Waals surface area contributed by atoms with Crippen LogP contribution in [0, 0.1) is 6.92 Å². The van der Waals surface area contributed by atoms with E-state index in [1.54, 1.807) is 12.4 Å². The number of nitrogens with two attached hydrogens (primary N) is 1. The number of Topliss-reactive ketones (excluding diaryl/α,β-unsaturated/α-hetero) is 1. The van der Waals surface area contributed by atoms with E-state index in [1.807, 2.05) is 13.0 Å². The van der Waals surface area contributed by atoms with Crippen LogP contribution in [0.25, 0.3) is 0 Å². The fraction of sp³-hybridized carbons (Fsp3) is 0.333. The standard InChI is InChI=1S/C9H12N2O/c1-6-3-4-11-5-8(6)9(10)7(2)12/h3-5,9H,10H2,1-2H3. The van der Waals surface area contributed by atoms with Crippen LogP contribution in [0.15, 0.2) is 18.5 Å². The van der Waals surface area contributed by atoms with Gasteiger partial charge in [0.25, 0.3) is 0 Å². The SMILES string of the molecule is CC(=O)C(N)c1cnccc1C. The fourth-order valence-electron chi connectivity index (χ4n) is 1.02. The molecule has 0 aliphatic carbocycles. The molecular weight excluding hydrogens is 152 g/mol. The largest absolute Gasteiger partial charge is 0.318 e. The summed E-state index contributed by atoms with van der Waals surface area (Å²) in [5, 5.41) is 0. The lowest BCUT2D eigenvalue weighted by Crippen LogP contribution is -2.19. The molecule has 3 heteroatoms. The van der Waals surface area contributed by atoms with Crippen molar-refractivity contribution in [2.24, 2.45) is 5.73 Å². The first kappa shape index (κ1) is 8.87. The van der Waals surface area contributed by atoms with E-state index in [9.17, 15) is 4.79 Å². The molecule has 0 aromatic carbocycles. The molecule has 0 bridgehead atoms. The Hall–Kier alpha value is -1.22. The molecule has 2 N–H and O–H groups in total. The van der Waals surface area contributed by atoms with Gasteiger partial charge in [0, 0.05) is 12.4 Å². The van der Waals surface area contributed by atoms with Crippen molar-refractivity contribution in [2.45, 2.75) is 19.9 Å². The first-order valence-corrected chi connectivity index (χ1v) is 3.79. The van der Waals surface area contributed by atoms with Crippen LogP contribution >= 0.6 is 0 Å². The number of hydrogen-bond acceptors (Lipinski definition) is 3. The zero-order valence-corrected chi connectivity index (χ0v) is 7.24. The van der Waals surface area contributed by atoms with Crippen LogP contribution in [0.3, 0.4) is 0 Å². The smallest absolute Gasteiger partial charge is 0.151 e. The molecule has 1 aromatic rings. The van der Waals surface area contributed by atoms with Crippen molar-refractivity contribution in [1.29, 1.82) is 0 Å². The minimum absolute atomic E-state index is 0.0360. The zero-order chi connectivity index (χ0) is 9.14. The van der Waals surface area contributed by atoms with Gasteiger partial charge in [0.1, 0.15) is 0 Å². The second-order valence-corrected chi connectivity index (χ2v) is 2.82. The van der Waals surface area contributed by atoms with Gasteiger partial charge in [-0.1, -0.05) is 0 Å². The summed E-state index contributed by atoms with van der Waals surface area (Å²) < 4.78 is 0. The molecule has 1 aromatic heterocycles. The number of nitrogens with zero attached hydrogens (tertiary/aromatic N) is 1. The van der Waals surface area contributed by atoms with E-state index >= 15 is 0 Å². The van der Waals surface area contributed by atoms with Gasteiger partial charge in [-0.3, -0.25) is 9.78 Å². The average molecular weight is 164 g/mol. The first-order valence-electron chi connectivity index (χ1n) is 3.79. The van der Waals surface area contributed by atoms with Crippen LogP contribution in [0.4, 0.5) is 0 Å². The Morgan fingerprint density at radius 2 is 2.33 bits per heavy atom. The summed E-state index contributed by atoms with van der Waals surface area (Å²) in [5.74, 6) is -0.0360. The molecule has 0 radical (unpaired) electrons. The zero-order valence-electron chi connectivity index (χ0n) is 7.24. The third-order valence-electron chi connectivity index (χ3n) is 1.85. The summed E-state index contributed by atoms with van der Waals surface area (Å²) in [6.07, 6.45) is 3.33. The Kier molecular flexibility index (Phi) is 2.55. The van der Waals surface area contributed by atoms with Gasteiger partial charge in [-0.2, -0.15) is 0 Å². The molecule has 0 aliphatic rings. The number of pyridine rings is 1. The summed E-state index contributed by atoms with van der Waals surface area (Å²) in [4.78, 5) is 14.9. The molecule has 0 saturated carbocycles. The van der Waals surface area contributed by atoms with Crippen molar-refractivity contribution in [3.63, 3.8) is 0 Å². The lowest BCUT2D eigenvalue weighted by Gasteiger charge is -2.09. The van der Waals surface area contributed by atoms with Crippen LogP contribution in [0.5, 0.6) is 0 Å². The number of hydrogen-bond donors (Lipinski definition) is 1. The maximum Gasteiger partial charge on any atom is 0.151 e. The van der Waals surface area contributed by atoms with Crippen LogP contribution in [-0.2, 0) is 4.79 Å². The van der Waals surface area contributed by atoms with E-state index in [4.69, 9.17) is 5.73 Å². The summed E-state index contributed by atoms with van der Waals surface area (Å²) >= 11 is 0. The average Bonchev–Trinajstić information content (AvgIpc) is 2.04. The summed E-state index contributed by atoms with van der Waals surface area (Å²) in [6.45, 7) is 3.40. The van der Waals surface area contributed by atoms with Crippen molar-refractivity contribution in [3.8, 4) is 0 Å². The molecule has 0 spiro atoms. The van der Waals surface area contributed by atoms with E-state index in [0.29, 0.717) is 0 Å². The van der Waals surface area contributed by atoms with E-state index in [2.05, 4.69) is 4.98 Å². The van der Waals surface area contributed by atoms with Gasteiger partial charge >= 0.3 is 0 Å². The van der Waals surface area contributed by atoms with Gasteiger partial charge in [-0.05, 0) is 31.0 Å². The van der Waals surface area contributed by atoms with Gasteiger partial charge < -0.3 is 5.73 Å². The van der Waals surface area contributed by atoms with Crippen molar-refractivity contribution in [2.75, 3.05) is 0 Å². The normalized spacial score (nSPS) is 12.6. The van der Waals surface area contributed by atoms with Crippen molar-refractivity contribution >= 4 is 5.78 Å². The predicted molar refractivity (Wildman–Crippen MR) is 46.6 cm³/mol. The second kappa shape index (κ2) is 3.45. The number of carbonyl (C=O) groups is 1. The lowest BCUT2D eigenvalue weighted by atomic mass is 10.0. The van der Waals surface area contributed by atoms with E-state index < -0.39 is 6.04 Å². The quantitative estimate of drug-likeness (QED) is 0.708. The molecule has 1 rings (SSSR count). The van der Waals surface area contributed by atoms with E-state index in [-0.39, 0.29) is 5.78 Å². The van der Waals surface area contributed by atoms with Crippen molar-refractivity contribution in [3.05, 3.63) is 29.6 Å². The fourth-order valence-corrected chi connectivity index (χ4v) is 1.02. The van der Waals surface area contributed by atoms with Gasteiger partial charge in [0.15, 0.2) is 5.78 Å². The highest BCUT2D eigenvalue weighted by Crippen LogP contribution is 2.13. The molecule has 12 heavy (non-hydrogen) atoms. The van der Waals surface area contributed by atoms with Gasteiger partial charge in [0.05, 0.1) is 6.04 Å². The highest BCUT2D eigenvalue weighted by atomic mass is 16.1. The van der Waals surface area contributed by atoms with Crippen LogP contribution in [0.2, 0.25) is 0 Å². The Morgan fingerprint density at radius 3 is 2.83 bits per heavy atom. The molecule has 1 unspecified atom stereocenters. The number of carbonyl (C=O) groups excluding carboxylic acids is 1. The maximum atomic E-state index is 10.9. The molecule has 0 saturated heterocycles. The number of rotatable bonds is 2. The number of aryl methyl sites for hydroxylation is 1. The minimum Gasteiger partial charge on any atom is -0.318 e. The van der Waals surface area contributed by atoms with Gasteiger partial charge in [-0.15, -0.1) is 0 Å². The molecule has 1 heterocycles. The van der Waals surface area contributed by atoms with Crippen LogP contribution in [-0.4, -0.2) is 10.8 Å². The Morgan fingerprint density at radius 1 is 1.67 bits per heavy atom. The first-order chi connectivity index (χ1) is 5.63. The highest BCUT2D eigenvalue weighted by Gasteiger charge is 2.12. The van der Waals surface area contributed by atoms with Gasteiger partial charge in [-0.25, -0.2) is 0 Å². The molecule has 64 valence electrons. The highest BCUT2D eigenvalue weighted by molar-refractivity contribution is 5.82. The minimum atomic E-state index is -0.529. The Labute approximate surface area is 71.6 Å². The molecule has 1 atom stereocenters. The molecular formula is C9H12N2O. The maximum absolute atomic E-state index is 10.9. The van der Waals surface area contributed by atoms with Crippen LogP contribution in [0.1, 0.15) is 24.1 Å². The van der Waals surface area contributed by atoms with Crippen molar-refractivity contribution < 1.29 is 4.79 Å². The molecule has 0 fully saturated rings. The molecule has 0 aliphatic heterocycles. The number of aromatic nitrogens is 1. The molecule has 0 amide bonds. The van der Waals surface area contributed by atoms with E-state index in [1.165, 1.54) is 6.92 Å². The summed E-state index contributed by atoms with van der Waals surface area (Å²) in [7, 11) is 0. The second-order valence-electron chi connectivity index (χ2n) is 2.82. The van der Waals surface area contributed by atoms with E-state index in [0.717, 1.165) is 11.1 Å². The summed E-state index contributed by atoms with van der Waals surface area (Å²) in [6, 6.07) is 1.32. The number of ketones is 1. The van der Waals surface area contributed by atoms with Crippen LogP contribution < -0.4 is 5.73 Å². The topological polar surface area (TPSA) is 56.0 Å². The Bertz CT molecular complexity index is 296. The third kappa shape index (κ3) is 1.68. The van der Waals surface area contributed by atoms with Crippen molar-refractivity contribution in [1.82, 2.24) is 4.98 Å². The Balaban J connectivity index is 3.02. The monoisotopic (exact) mass is 164 g/mol. The van der Waals surface area contributed by atoms with Gasteiger partial charge in [0.2, 0.25) is 0 Å². The molecule has 3 nitrogen and oxygen atoms in total. The summed E-state index contributed by atoms with van der Waals surface area (Å²) in [5.41, 5.74) is 7.47.